The van der Waals surface area contributed by atoms with E-state index >= 15 is 0 Å². The van der Waals surface area contributed by atoms with Crippen molar-refractivity contribution in [1.82, 2.24) is 14.8 Å². The Hall–Kier alpha value is -1.83. The van der Waals surface area contributed by atoms with Crippen molar-refractivity contribution in [2.75, 3.05) is 11.1 Å². The topological polar surface area (TPSA) is 59.8 Å². The van der Waals surface area contributed by atoms with Crippen LogP contribution in [0.4, 0.5) is 5.69 Å². The lowest BCUT2D eigenvalue weighted by Crippen LogP contribution is -2.15. The highest BCUT2D eigenvalue weighted by atomic mass is 35.5. The highest BCUT2D eigenvalue weighted by Gasteiger charge is 2.18. The smallest absolute Gasteiger partial charge is 0.234 e. The zero-order chi connectivity index (χ0) is 20.3. The average molecular weight is 435 g/mol. The van der Waals surface area contributed by atoms with E-state index in [2.05, 4.69) is 46.2 Å². The van der Waals surface area contributed by atoms with Crippen molar-refractivity contribution >= 4 is 46.3 Å². The van der Waals surface area contributed by atoms with Gasteiger partial charge in [-0.2, -0.15) is 0 Å². The molecule has 148 valence electrons. The number of thiophene rings is 1. The number of hydrogen-bond donors (Lipinski definition) is 1. The molecule has 0 spiro atoms. The van der Waals surface area contributed by atoms with E-state index in [1.807, 2.05) is 19.1 Å². The SMILES string of the molecule is CCc1c(-c2nnc(SCC(=O)Nc3cc(Cl)ccc3C)n2CC)csc1C. The largest absolute Gasteiger partial charge is 0.325 e. The minimum Gasteiger partial charge on any atom is -0.325 e. The van der Waals surface area contributed by atoms with Gasteiger partial charge < -0.3 is 9.88 Å². The number of thioether (sulfide) groups is 1. The molecule has 1 amide bonds. The van der Waals surface area contributed by atoms with Crippen LogP contribution in [0, 0.1) is 13.8 Å². The number of halogens is 1. The van der Waals surface area contributed by atoms with Crippen LogP contribution in [0.5, 0.6) is 0 Å². The molecule has 0 saturated carbocycles. The van der Waals surface area contributed by atoms with Gasteiger partial charge in [-0.3, -0.25) is 4.79 Å². The van der Waals surface area contributed by atoms with Gasteiger partial charge in [-0.15, -0.1) is 21.5 Å². The van der Waals surface area contributed by atoms with Gasteiger partial charge in [0.1, 0.15) is 0 Å². The van der Waals surface area contributed by atoms with Crippen LogP contribution in [0.15, 0.2) is 28.7 Å². The Labute approximate surface area is 178 Å². The Morgan fingerprint density at radius 2 is 2.07 bits per heavy atom. The number of carbonyl (C=O) groups is 1. The minimum atomic E-state index is -0.0943. The molecule has 0 fully saturated rings. The van der Waals surface area contributed by atoms with E-state index in [0.717, 1.165) is 40.8 Å². The second-order valence-corrected chi connectivity index (χ2v) is 8.85. The molecule has 28 heavy (non-hydrogen) atoms. The van der Waals surface area contributed by atoms with E-state index in [-0.39, 0.29) is 11.7 Å². The van der Waals surface area contributed by atoms with Gasteiger partial charge in [0.25, 0.3) is 0 Å². The van der Waals surface area contributed by atoms with Crippen LogP contribution in [0.3, 0.4) is 0 Å². The Bertz CT molecular complexity index is 996. The molecular weight excluding hydrogens is 412 g/mol. The normalized spacial score (nSPS) is 11.0. The summed E-state index contributed by atoms with van der Waals surface area (Å²) in [6, 6.07) is 5.46. The minimum absolute atomic E-state index is 0.0943. The zero-order valence-corrected chi connectivity index (χ0v) is 18.8. The van der Waals surface area contributed by atoms with Crippen molar-refractivity contribution in [2.45, 2.75) is 45.8 Å². The lowest BCUT2D eigenvalue weighted by Gasteiger charge is -2.10. The molecule has 5 nitrogen and oxygen atoms in total. The summed E-state index contributed by atoms with van der Waals surface area (Å²) in [5, 5.41) is 15.2. The van der Waals surface area contributed by atoms with Crippen LogP contribution < -0.4 is 5.32 Å². The van der Waals surface area contributed by atoms with Crippen LogP contribution in [-0.2, 0) is 17.8 Å². The molecule has 0 unspecified atom stereocenters. The van der Waals surface area contributed by atoms with Gasteiger partial charge in [0.05, 0.1) is 5.75 Å². The van der Waals surface area contributed by atoms with Crippen molar-refractivity contribution in [3.63, 3.8) is 0 Å². The van der Waals surface area contributed by atoms with Gasteiger partial charge in [0.2, 0.25) is 5.91 Å². The third kappa shape index (κ3) is 4.42. The monoisotopic (exact) mass is 434 g/mol. The summed E-state index contributed by atoms with van der Waals surface area (Å²) >= 11 is 9.15. The van der Waals surface area contributed by atoms with E-state index in [4.69, 9.17) is 11.6 Å². The molecule has 1 N–H and O–H groups in total. The average Bonchev–Trinajstić information content (AvgIpc) is 3.25. The van der Waals surface area contributed by atoms with Crippen molar-refractivity contribution < 1.29 is 4.79 Å². The molecule has 0 atom stereocenters. The van der Waals surface area contributed by atoms with Crippen LogP contribution >= 0.6 is 34.7 Å². The summed E-state index contributed by atoms with van der Waals surface area (Å²) in [7, 11) is 0. The molecule has 0 bridgehead atoms. The van der Waals surface area contributed by atoms with E-state index < -0.39 is 0 Å². The molecule has 2 aromatic heterocycles. The number of anilines is 1. The lowest BCUT2D eigenvalue weighted by molar-refractivity contribution is -0.113. The summed E-state index contributed by atoms with van der Waals surface area (Å²) in [6.45, 7) is 9.04. The first-order valence-corrected chi connectivity index (χ1v) is 11.4. The summed E-state index contributed by atoms with van der Waals surface area (Å²) < 4.78 is 2.07. The second kappa shape index (κ2) is 9.11. The Balaban J connectivity index is 1.74. The fourth-order valence-corrected chi connectivity index (χ4v) is 4.94. The zero-order valence-electron chi connectivity index (χ0n) is 16.4. The van der Waals surface area contributed by atoms with Crippen LogP contribution in [0.25, 0.3) is 11.4 Å². The molecule has 0 saturated heterocycles. The molecule has 0 aliphatic carbocycles. The molecule has 3 rings (SSSR count). The third-order valence-corrected chi connectivity index (χ3v) is 6.69. The predicted molar refractivity (Wildman–Crippen MR) is 119 cm³/mol. The van der Waals surface area contributed by atoms with E-state index in [0.29, 0.717) is 5.02 Å². The van der Waals surface area contributed by atoms with Crippen LogP contribution in [0.2, 0.25) is 5.02 Å². The van der Waals surface area contributed by atoms with Crippen molar-refractivity contribution in [2.24, 2.45) is 0 Å². The molecule has 0 aliphatic rings. The van der Waals surface area contributed by atoms with Crippen molar-refractivity contribution in [3.05, 3.63) is 44.6 Å². The number of amides is 1. The summed E-state index contributed by atoms with van der Waals surface area (Å²) in [5.41, 5.74) is 4.17. The number of carbonyl (C=O) groups excluding carboxylic acids is 1. The Morgan fingerprint density at radius 3 is 2.79 bits per heavy atom. The van der Waals surface area contributed by atoms with Gasteiger partial charge in [-0.1, -0.05) is 36.4 Å². The number of hydrogen-bond acceptors (Lipinski definition) is 5. The summed E-state index contributed by atoms with van der Waals surface area (Å²) in [5.74, 6) is 1.04. The molecule has 1 aromatic carbocycles. The standard InChI is InChI=1S/C20H23ClN4OS2/c1-5-15-13(4)27-10-16(15)19-23-24-20(25(19)6-2)28-11-18(26)22-17-9-14(21)8-7-12(17)3/h7-10H,5-6,11H2,1-4H3,(H,22,26). The summed E-state index contributed by atoms with van der Waals surface area (Å²) in [6.07, 6.45) is 0.963. The first-order valence-electron chi connectivity index (χ1n) is 9.13. The maximum Gasteiger partial charge on any atom is 0.234 e. The van der Waals surface area contributed by atoms with Crippen molar-refractivity contribution in [3.8, 4) is 11.4 Å². The lowest BCUT2D eigenvalue weighted by atomic mass is 10.1. The van der Waals surface area contributed by atoms with Gasteiger partial charge in [-0.25, -0.2) is 0 Å². The highest BCUT2D eigenvalue weighted by molar-refractivity contribution is 7.99. The molecule has 3 aromatic rings. The second-order valence-electron chi connectivity index (χ2n) is 6.38. The maximum atomic E-state index is 12.4. The first-order chi connectivity index (χ1) is 13.4. The number of aryl methyl sites for hydroxylation is 2. The number of nitrogens with one attached hydrogen (secondary N) is 1. The number of rotatable bonds is 7. The van der Waals surface area contributed by atoms with Gasteiger partial charge >= 0.3 is 0 Å². The van der Waals surface area contributed by atoms with Crippen LogP contribution in [0.1, 0.15) is 29.9 Å². The number of aromatic nitrogens is 3. The predicted octanol–water partition coefficient (Wildman–Crippen LogP) is 5.59. The van der Waals surface area contributed by atoms with Crippen molar-refractivity contribution in [1.29, 1.82) is 0 Å². The van der Waals surface area contributed by atoms with Crippen LogP contribution in [-0.4, -0.2) is 26.4 Å². The van der Waals surface area contributed by atoms with E-state index in [1.165, 1.54) is 22.2 Å². The molecule has 8 heteroatoms. The Kier molecular flexibility index (Phi) is 6.80. The van der Waals surface area contributed by atoms with E-state index in [9.17, 15) is 4.79 Å². The molecule has 2 heterocycles. The highest BCUT2D eigenvalue weighted by Crippen LogP contribution is 2.32. The molecule has 0 aliphatic heterocycles. The maximum absolute atomic E-state index is 12.4. The third-order valence-electron chi connectivity index (χ3n) is 4.54. The molecule has 0 radical (unpaired) electrons. The van der Waals surface area contributed by atoms with E-state index in [1.54, 1.807) is 17.4 Å². The Morgan fingerprint density at radius 1 is 1.29 bits per heavy atom. The first kappa shape index (κ1) is 20.9. The van der Waals surface area contributed by atoms with Gasteiger partial charge in [0, 0.05) is 33.1 Å². The van der Waals surface area contributed by atoms with Gasteiger partial charge in [-0.05, 0) is 50.5 Å². The molecular formula is C20H23ClN4OS2. The number of nitrogens with zero attached hydrogens (tertiary/aromatic N) is 3. The number of benzene rings is 1. The fourth-order valence-electron chi connectivity index (χ4n) is 3.03. The summed E-state index contributed by atoms with van der Waals surface area (Å²) in [4.78, 5) is 13.7. The quantitative estimate of drug-likeness (QED) is 0.492. The fraction of sp³-hybridized carbons (Fsp3) is 0.350. The van der Waals surface area contributed by atoms with Gasteiger partial charge in [0.15, 0.2) is 11.0 Å².